The van der Waals surface area contributed by atoms with Crippen LogP contribution in [0.5, 0.6) is 0 Å². The zero-order chi connectivity index (χ0) is 15.3. The first-order valence-corrected chi connectivity index (χ1v) is 7.30. The third-order valence-corrected chi connectivity index (χ3v) is 4.02. The third kappa shape index (κ3) is 2.54. The fourth-order valence-electron chi connectivity index (χ4n) is 2.42. The summed E-state index contributed by atoms with van der Waals surface area (Å²) in [5.41, 5.74) is 9.02. The van der Waals surface area contributed by atoms with Crippen molar-refractivity contribution in [3.05, 3.63) is 24.0 Å². The average Bonchev–Trinajstić information content (AvgIpc) is 2.64. The summed E-state index contributed by atoms with van der Waals surface area (Å²) >= 11 is 0. The molecule has 3 nitrogen and oxygen atoms in total. The molecule has 0 saturated carbocycles. The fourth-order valence-corrected chi connectivity index (χ4v) is 2.42. The molecule has 0 aliphatic heterocycles. The summed E-state index contributed by atoms with van der Waals surface area (Å²) in [6, 6.07) is 6.39. The highest BCUT2D eigenvalue weighted by atomic mass is 15.1. The topological polar surface area (TPSA) is 43.8 Å². The van der Waals surface area contributed by atoms with Crippen LogP contribution >= 0.6 is 0 Å². The molecule has 2 N–H and O–H groups in total. The van der Waals surface area contributed by atoms with Crippen LogP contribution in [0.3, 0.4) is 0 Å². The van der Waals surface area contributed by atoms with Crippen molar-refractivity contribution in [3.63, 3.8) is 0 Å². The van der Waals surface area contributed by atoms with Gasteiger partial charge in [-0.05, 0) is 30.5 Å². The largest absolute Gasteiger partial charge is 0.399 e. The molecule has 0 spiro atoms. The molecule has 0 amide bonds. The maximum Gasteiger partial charge on any atom is 0.115 e. The fraction of sp³-hybridized carbons (Fsp3) is 0.588. The van der Waals surface area contributed by atoms with Crippen molar-refractivity contribution in [2.45, 2.75) is 59.9 Å². The Morgan fingerprint density at radius 2 is 1.70 bits per heavy atom. The van der Waals surface area contributed by atoms with Gasteiger partial charge in [-0.25, -0.2) is 4.98 Å². The molecule has 1 atom stereocenters. The summed E-state index contributed by atoms with van der Waals surface area (Å²) in [6.45, 7) is 15.7. The predicted molar refractivity (Wildman–Crippen MR) is 87.0 cm³/mol. The normalized spacial score (nSPS) is 14.8. The number of hydrogen-bond acceptors (Lipinski definition) is 2. The van der Waals surface area contributed by atoms with Gasteiger partial charge in [0.1, 0.15) is 5.82 Å². The van der Waals surface area contributed by atoms with E-state index in [-0.39, 0.29) is 10.8 Å². The van der Waals surface area contributed by atoms with E-state index < -0.39 is 0 Å². The molecule has 2 aromatic rings. The molecular weight excluding hydrogens is 246 g/mol. The molecule has 0 saturated heterocycles. The van der Waals surface area contributed by atoms with Crippen LogP contribution in [-0.4, -0.2) is 9.55 Å². The molecule has 1 aromatic carbocycles. The van der Waals surface area contributed by atoms with Crippen LogP contribution in [-0.2, 0) is 5.41 Å². The zero-order valence-corrected chi connectivity index (χ0v) is 13.8. The number of nitrogen functional groups attached to an aromatic ring is 1. The zero-order valence-electron chi connectivity index (χ0n) is 13.8. The van der Waals surface area contributed by atoms with E-state index in [2.05, 4.69) is 59.1 Å². The van der Waals surface area contributed by atoms with E-state index in [0.29, 0.717) is 6.04 Å². The van der Waals surface area contributed by atoms with Crippen LogP contribution < -0.4 is 5.73 Å². The van der Waals surface area contributed by atoms with Crippen LogP contribution in [0.1, 0.15) is 60.3 Å². The van der Waals surface area contributed by atoms with Crippen molar-refractivity contribution in [2.24, 2.45) is 5.41 Å². The predicted octanol–water partition coefficient (Wildman–Crippen LogP) is 4.52. The van der Waals surface area contributed by atoms with Crippen molar-refractivity contribution in [3.8, 4) is 0 Å². The van der Waals surface area contributed by atoms with Crippen molar-refractivity contribution in [2.75, 3.05) is 5.73 Å². The lowest BCUT2D eigenvalue weighted by molar-refractivity contribution is 0.255. The number of nitrogens with zero attached hydrogens (tertiary/aromatic N) is 2. The number of hydrogen-bond donors (Lipinski definition) is 1. The number of aromatic nitrogens is 2. The standard InChI is InChI=1S/C17H27N3/c1-11(16(2,3)4)20-14-9-8-12(18)10-13(14)19-15(20)17(5,6)7/h8-11H,18H2,1-7H3. The van der Waals surface area contributed by atoms with E-state index in [1.807, 2.05) is 12.1 Å². The van der Waals surface area contributed by atoms with Gasteiger partial charge in [0, 0.05) is 17.1 Å². The van der Waals surface area contributed by atoms with Crippen LogP contribution in [0.2, 0.25) is 0 Å². The summed E-state index contributed by atoms with van der Waals surface area (Å²) in [4.78, 5) is 4.86. The van der Waals surface area contributed by atoms with Crippen LogP contribution in [0.15, 0.2) is 18.2 Å². The molecule has 20 heavy (non-hydrogen) atoms. The van der Waals surface area contributed by atoms with Gasteiger partial charge in [-0.2, -0.15) is 0 Å². The van der Waals surface area contributed by atoms with Crippen LogP contribution in [0.4, 0.5) is 5.69 Å². The van der Waals surface area contributed by atoms with Gasteiger partial charge in [-0.3, -0.25) is 0 Å². The summed E-state index contributed by atoms with van der Waals surface area (Å²) in [5.74, 6) is 1.13. The lowest BCUT2D eigenvalue weighted by Crippen LogP contribution is -2.27. The number of fused-ring (bicyclic) bond motifs is 1. The molecule has 110 valence electrons. The first-order valence-electron chi connectivity index (χ1n) is 7.30. The maximum atomic E-state index is 5.90. The number of rotatable bonds is 1. The second-order valence-corrected chi connectivity index (χ2v) is 7.85. The second-order valence-electron chi connectivity index (χ2n) is 7.85. The summed E-state index contributed by atoms with van der Waals surface area (Å²) < 4.78 is 2.38. The van der Waals surface area contributed by atoms with Crippen LogP contribution in [0.25, 0.3) is 11.0 Å². The minimum Gasteiger partial charge on any atom is -0.399 e. The highest BCUT2D eigenvalue weighted by molar-refractivity contribution is 5.80. The van der Waals surface area contributed by atoms with Gasteiger partial charge in [0.15, 0.2) is 0 Å². The van der Waals surface area contributed by atoms with Gasteiger partial charge < -0.3 is 10.3 Å². The van der Waals surface area contributed by atoms with Gasteiger partial charge in [0.2, 0.25) is 0 Å². The second kappa shape index (κ2) is 4.51. The van der Waals surface area contributed by atoms with E-state index in [4.69, 9.17) is 10.7 Å². The molecule has 2 rings (SSSR count). The minimum absolute atomic E-state index is 0.00723. The average molecular weight is 273 g/mol. The number of benzene rings is 1. The van der Waals surface area contributed by atoms with Gasteiger partial charge in [-0.15, -0.1) is 0 Å². The van der Waals surface area contributed by atoms with Crippen molar-refractivity contribution in [1.82, 2.24) is 9.55 Å². The third-order valence-electron chi connectivity index (χ3n) is 4.02. The van der Waals surface area contributed by atoms with E-state index in [9.17, 15) is 0 Å². The van der Waals surface area contributed by atoms with Gasteiger partial charge in [0.25, 0.3) is 0 Å². The Kier molecular flexibility index (Phi) is 3.35. The van der Waals surface area contributed by atoms with E-state index >= 15 is 0 Å². The molecule has 0 bridgehead atoms. The van der Waals surface area contributed by atoms with Gasteiger partial charge in [-0.1, -0.05) is 41.5 Å². The number of nitrogens with two attached hydrogens (primary N) is 1. The van der Waals surface area contributed by atoms with Gasteiger partial charge in [0.05, 0.1) is 11.0 Å². The number of anilines is 1. The highest BCUT2D eigenvalue weighted by Gasteiger charge is 2.30. The molecule has 1 heterocycles. The Morgan fingerprint density at radius 3 is 2.20 bits per heavy atom. The lowest BCUT2D eigenvalue weighted by atomic mass is 9.86. The number of imidazole rings is 1. The quantitative estimate of drug-likeness (QED) is 0.776. The van der Waals surface area contributed by atoms with Gasteiger partial charge >= 0.3 is 0 Å². The Bertz CT molecular complexity index is 624. The molecule has 1 aromatic heterocycles. The first kappa shape index (κ1) is 14.9. The Balaban J connectivity index is 2.78. The monoisotopic (exact) mass is 273 g/mol. The lowest BCUT2D eigenvalue weighted by Gasteiger charge is -2.33. The molecule has 3 heteroatoms. The smallest absolute Gasteiger partial charge is 0.115 e. The van der Waals surface area contributed by atoms with E-state index in [1.54, 1.807) is 0 Å². The molecule has 0 aliphatic rings. The minimum atomic E-state index is 0.00723. The summed E-state index contributed by atoms with van der Waals surface area (Å²) in [6.07, 6.45) is 0. The summed E-state index contributed by atoms with van der Waals surface area (Å²) in [5, 5.41) is 0. The molecular formula is C17H27N3. The van der Waals surface area contributed by atoms with E-state index in [0.717, 1.165) is 17.0 Å². The maximum absolute atomic E-state index is 5.90. The Morgan fingerprint density at radius 1 is 1.10 bits per heavy atom. The van der Waals surface area contributed by atoms with Crippen LogP contribution in [0, 0.1) is 5.41 Å². The summed E-state index contributed by atoms with van der Waals surface area (Å²) in [7, 11) is 0. The highest BCUT2D eigenvalue weighted by Crippen LogP contribution is 2.37. The SMILES string of the molecule is CC(n1c(C(C)(C)C)nc2cc(N)ccc21)C(C)(C)C. The first-order chi connectivity index (χ1) is 9.01. The van der Waals surface area contributed by atoms with Crippen molar-refractivity contribution >= 4 is 16.7 Å². The van der Waals surface area contributed by atoms with Crippen molar-refractivity contribution < 1.29 is 0 Å². The van der Waals surface area contributed by atoms with E-state index in [1.165, 1.54) is 5.52 Å². The Labute approximate surface area is 122 Å². The molecule has 0 aliphatic carbocycles. The Hall–Kier alpha value is -1.51. The molecule has 0 fully saturated rings. The molecule has 0 radical (unpaired) electrons. The molecule has 1 unspecified atom stereocenters. The van der Waals surface area contributed by atoms with Crippen molar-refractivity contribution in [1.29, 1.82) is 0 Å².